The van der Waals surface area contributed by atoms with E-state index in [2.05, 4.69) is 25.9 Å². The summed E-state index contributed by atoms with van der Waals surface area (Å²) >= 11 is 3.40. The van der Waals surface area contributed by atoms with Crippen LogP contribution in [0, 0.1) is 0 Å². The van der Waals surface area contributed by atoms with E-state index in [4.69, 9.17) is 4.42 Å². The normalized spacial score (nSPS) is 11.2. The first-order valence-corrected chi connectivity index (χ1v) is 5.74. The third-order valence-corrected chi connectivity index (χ3v) is 3.17. The molecule has 0 atom stereocenters. The number of hydrogen-bond donors (Lipinski definition) is 1. The fraction of sp³-hybridized carbons (Fsp3) is 0.0909. The number of nitrogens with one attached hydrogen (secondary N) is 1. The van der Waals surface area contributed by atoms with Crippen molar-refractivity contribution in [1.82, 2.24) is 14.5 Å². The molecule has 0 radical (unpaired) electrons. The van der Waals surface area contributed by atoms with Crippen LogP contribution < -0.4 is 5.76 Å². The first-order valence-electron chi connectivity index (χ1n) is 4.95. The van der Waals surface area contributed by atoms with E-state index in [9.17, 15) is 4.79 Å². The highest BCUT2D eigenvalue weighted by atomic mass is 79.9. The Morgan fingerprint density at radius 3 is 3.00 bits per heavy atom. The lowest BCUT2D eigenvalue weighted by molar-refractivity contribution is 0.555. The van der Waals surface area contributed by atoms with Crippen LogP contribution in [0.4, 0.5) is 0 Å². The maximum absolute atomic E-state index is 11.1. The molecular weight excluding hydrogens is 286 g/mol. The largest absolute Gasteiger partial charge is 0.417 e. The number of aromatic amines is 1. The molecule has 0 spiro atoms. The van der Waals surface area contributed by atoms with Gasteiger partial charge in [0, 0.05) is 12.6 Å². The van der Waals surface area contributed by atoms with Gasteiger partial charge in [0.15, 0.2) is 5.58 Å². The molecule has 17 heavy (non-hydrogen) atoms. The van der Waals surface area contributed by atoms with Gasteiger partial charge >= 0.3 is 5.76 Å². The molecule has 0 bridgehead atoms. The van der Waals surface area contributed by atoms with Crippen molar-refractivity contribution in [3.05, 3.63) is 39.7 Å². The van der Waals surface area contributed by atoms with E-state index in [0.29, 0.717) is 11.1 Å². The second-order valence-corrected chi connectivity index (χ2v) is 4.47. The minimum Gasteiger partial charge on any atom is -0.408 e. The number of aromatic nitrogens is 3. The fourth-order valence-electron chi connectivity index (χ4n) is 1.82. The number of imidazole rings is 1. The summed E-state index contributed by atoms with van der Waals surface area (Å²) in [5.74, 6) is -0.443. The van der Waals surface area contributed by atoms with E-state index in [-0.39, 0.29) is 0 Å². The number of hydrogen-bond acceptors (Lipinski definition) is 3. The molecule has 0 aliphatic heterocycles. The summed E-state index contributed by atoms with van der Waals surface area (Å²) in [6, 6.07) is 5.52. The van der Waals surface area contributed by atoms with Crippen molar-refractivity contribution < 1.29 is 4.42 Å². The molecule has 0 saturated heterocycles. The van der Waals surface area contributed by atoms with Crippen molar-refractivity contribution in [3.8, 4) is 11.3 Å². The SMILES string of the molecule is Cn1cnc(Br)c1-c1ccc2oc(=O)[nH]c2c1. The van der Waals surface area contributed by atoms with Gasteiger partial charge in [-0.15, -0.1) is 0 Å². The zero-order valence-corrected chi connectivity index (χ0v) is 10.5. The Bertz CT molecular complexity index is 734. The summed E-state index contributed by atoms with van der Waals surface area (Å²) in [6.45, 7) is 0. The Labute approximate surface area is 104 Å². The summed E-state index contributed by atoms with van der Waals surface area (Å²) in [6.07, 6.45) is 1.72. The quantitative estimate of drug-likeness (QED) is 0.749. The topological polar surface area (TPSA) is 63.8 Å². The molecule has 0 amide bonds. The average Bonchev–Trinajstić information content (AvgIpc) is 2.80. The van der Waals surface area contributed by atoms with Gasteiger partial charge in [0.2, 0.25) is 0 Å². The lowest BCUT2D eigenvalue weighted by Crippen LogP contribution is -1.93. The number of halogens is 1. The smallest absolute Gasteiger partial charge is 0.408 e. The minimum absolute atomic E-state index is 0.443. The number of rotatable bonds is 1. The Balaban J connectivity index is 2.27. The van der Waals surface area contributed by atoms with Gasteiger partial charge in [-0.25, -0.2) is 9.78 Å². The summed E-state index contributed by atoms with van der Waals surface area (Å²) < 4.78 is 7.63. The van der Waals surface area contributed by atoms with E-state index in [0.717, 1.165) is 15.9 Å². The van der Waals surface area contributed by atoms with E-state index < -0.39 is 5.76 Å². The van der Waals surface area contributed by atoms with Crippen molar-refractivity contribution in [1.29, 1.82) is 0 Å². The monoisotopic (exact) mass is 293 g/mol. The van der Waals surface area contributed by atoms with Crippen LogP contribution >= 0.6 is 15.9 Å². The minimum atomic E-state index is -0.443. The van der Waals surface area contributed by atoms with Crippen LogP contribution in [0.2, 0.25) is 0 Å². The third-order valence-electron chi connectivity index (χ3n) is 2.58. The number of aryl methyl sites for hydroxylation is 1. The molecule has 0 aliphatic carbocycles. The predicted molar refractivity (Wildman–Crippen MR) is 66.7 cm³/mol. The van der Waals surface area contributed by atoms with Gasteiger partial charge in [0.05, 0.1) is 17.5 Å². The molecule has 5 nitrogen and oxygen atoms in total. The number of oxazole rings is 1. The molecule has 86 valence electrons. The van der Waals surface area contributed by atoms with E-state index in [1.54, 1.807) is 12.4 Å². The van der Waals surface area contributed by atoms with Crippen LogP contribution in [-0.4, -0.2) is 14.5 Å². The Kier molecular flexibility index (Phi) is 2.19. The fourth-order valence-corrected chi connectivity index (χ4v) is 2.42. The standard InChI is InChI=1S/C11H8BrN3O2/c1-15-5-13-10(12)9(15)6-2-3-8-7(4-6)14-11(16)17-8/h2-5H,1H3,(H,14,16). The maximum atomic E-state index is 11.1. The number of fused-ring (bicyclic) bond motifs is 1. The average molecular weight is 294 g/mol. The first kappa shape index (κ1) is 10.3. The molecule has 0 unspecified atom stereocenters. The first-order chi connectivity index (χ1) is 8.15. The van der Waals surface area contributed by atoms with Crippen molar-refractivity contribution in [2.45, 2.75) is 0 Å². The highest BCUT2D eigenvalue weighted by molar-refractivity contribution is 9.10. The summed E-state index contributed by atoms with van der Waals surface area (Å²) in [5, 5.41) is 0. The van der Waals surface area contributed by atoms with Gasteiger partial charge in [-0.1, -0.05) is 0 Å². The Hall–Kier alpha value is -1.82. The maximum Gasteiger partial charge on any atom is 0.417 e. The van der Waals surface area contributed by atoms with Gasteiger partial charge in [-0.05, 0) is 34.1 Å². The summed E-state index contributed by atoms with van der Waals surface area (Å²) in [4.78, 5) is 17.9. The van der Waals surface area contributed by atoms with E-state index in [1.807, 2.05) is 23.7 Å². The van der Waals surface area contributed by atoms with Crippen LogP contribution in [0.1, 0.15) is 0 Å². The highest BCUT2D eigenvalue weighted by Gasteiger charge is 2.10. The second kappa shape index (κ2) is 3.59. The molecule has 2 heterocycles. The predicted octanol–water partition coefficient (Wildman–Crippen LogP) is 2.28. The van der Waals surface area contributed by atoms with Gasteiger partial charge < -0.3 is 8.98 Å². The molecule has 1 N–H and O–H groups in total. The molecule has 2 aromatic heterocycles. The zero-order valence-electron chi connectivity index (χ0n) is 8.90. The van der Waals surface area contributed by atoms with Crippen molar-refractivity contribution >= 4 is 27.0 Å². The molecular formula is C11H8BrN3O2. The van der Waals surface area contributed by atoms with E-state index in [1.165, 1.54) is 0 Å². The van der Waals surface area contributed by atoms with Gasteiger partial charge in [-0.3, -0.25) is 4.98 Å². The molecule has 6 heteroatoms. The Morgan fingerprint density at radius 2 is 2.29 bits per heavy atom. The summed E-state index contributed by atoms with van der Waals surface area (Å²) in [5.41, 5.74) is 3.15. The molecule has 3 rings (SSSR count). The van der Waals surface area contributed by atoms with E-state index >= 15 is 0 Å². The van der Waals surface area contributed by atoms with Crippen LogP contribution in [-0.2, 0) is 7.05 Å². The van der Waals surface area contributed by atoms with Gasteiger partial charge in [0.1, 0.15) is 4.60 Å². The molecule has 0 fully saturated rings. The Morgan fingerprint density at radius 1 is 1.47 bits per heavy atom. The second-order valence-electron chi connectivity index (χ2n) is 3.72. The van der Waals surface area contributed by atoms with Crippen LogP contribution in [0.15, 0.2) is 38.3 Å². The van der Waals surface area contributed by atoms with Crippen molar-refractivity contribution in [2.75, 3.05) is 0 Å². The summed E-state index contributed by atoms with van der Waals surface area (Å²) in [7, 11) is 1.91. The molecule has 0 saturated carbocycles. The number of H-pyrrole nitrogens is 1. The van der Waals surface area contributed by atoms with Crippen LogP contribution in [0.3, 0.4) is 0 Å². The lowest BCUT2D eigenvalue weighted by Gasteiger charge is -2.02. The number of nitrogens with zero attached hydrogens (tertiary/aromatic N) is 2. The van der Waals surface area contributed by atoms with Gasteiger partial charge in [0.25, 0.3) is 0 Å². The lowest BCUT2D eigenvalue weighted by atomic mass is 10.1. The third kappa shape index (κ3) is 1.61. The van der Waals surface area contributed by atoms with Crippen LogP contribution in [0.25, 0.3) is 22.4 Å². The zero-order chi connectivity index (χ0) is 12.0. The van der Waals surface area contributed by atoms with Crippen molar-refractivity contribution in [2.24, 2.45) is 7.05 Å². The molecule has 0 aliphatic rings. The van der Waals surface area contributed by atoms with Gasteiger partial charge in [-0.2, -0.15) is 0 Å². The molecule has 3 aromatic rings. The van der Waals surface area contributed by atoms with Crippen LogP contribution in [0.5, 0.6) is 0 Å². The highest BCUT2D eigenvalue weighted by Crippen LogP contribution is 2.28. The molecule has 1 aromatic carbocycles. The van der Waals surface area contributed by atoms with Crippen molar-refractivity contribution in [3.63, 3.8) is 0 Å². The number of benzene rings is 1.